The average Bonchev–Trinajstić information content (AvgIpc) is 2.56. The standard InChI is InChI=1S/C16H23N3O4/c1-3-23-15(20)12-18-8-10-19(11-9-18)16(21)17-13-4-6-14(22-2)7-5-13/h4-7H,3,8-12H2,1-2H3,(H,17,21). The molecule has 0 aliphatic carbocycles. The largest absolute Gasteiger partial charge is 0.497 e. The molecule has 1 aromatic rings. The maximum absolute atomic E-state index is 12.2. The Morgan fingerprint density at radius 2 is 1.78 bits per heavy atom. The van der Waals surface area contributed by atoms with Crippen molar-refractivity contribution in [1.82, 2.24) is 9.80 Å². The van der Waals surface area contributed by atoms with Crippen molar-refractivity contribution in [3.63, 3.8) is 0 Å². The maximum Gasteiger partial charge on any atom is 0.321 e. The summed E-state index contributed by atoms with van der Waals surface area (Å²) >= 11 is 0. The van der Waals surface area contributed by atoms with Crippen LogP contribution in [0, 0.1) is 0 Å². The van der Waals surface area contributed by atoms with Crippen molar-refractivity contribution in [3.8, 4) is 5.75 Å². The van der Waals surface area contributed by atoms with E-state index in [-0.39, 0.29) is 18.5 Å². The van der Waals surface area contributed by atoms with Crippen LogP contribution in [0.25, 0.3) is 0 Å². The fourth-order valence-electron chi connectivity index (χ4n) is 2.38. The summed E-state index contributed by atoms with van der Waals surface area (Å²) < 4.78 is 10.0. The molecule has 1 heterocycles. The van der Waals surface area contributed by atoms with Crippen molar-refractivity contribution >= 4 is 17.7 Å². The number of piperazine rings is 1. The highest BCUT2D eigenvalue weighted by Crippen LogP contribution is 2.15. The summed E-state index contributed by atoms with van der Waals surface area (Å²) in [6.45, 7) is 4.96. The van der Waals surface area contributed by atoms with Crippen molar-refractivity contribution < 1.29 is 19.1 Å². The molecular formula is C16H23N3O4. The Morgan fingerprint density at radius 1 is 1.13 bits per heavy atom. The van der Waals surface area contributed by atoms with Gasteiger partial charge in [0.1, 0.15) is 5.75 Å². The molecule has 1 saturated heterocycles. The molecule has 0 radical (unpaired) electrons. The van der Waals surface area contributed by atoms with Gasteiger partial charge in [-0.2, -0.15) is 0 Å². The number of urea groups is 1. The molecule has 23 heavy (non-hydrogen) atoms. The number of carbonyl (C=O) groups is 2. The first-order chi connectivity index (χ1) is 11.1. The number of carbonyl (C=O) groups excluding carboxylic acids is 2. The zero-order valence-corrected chi connectivity index (χ0v) is 13.6. The lowest BCUT2D eigenvalue weighted by molar-refractivity contribution is -0.144. The van der Waals surface area contributed by atoms with Crippen LogP contribution in [0.4, 0.5) is 10.5 Å². The lowest BCUT2D eigenvalue weighted by Crippen LogP contribution is -2.51. The first-order valence-electron chi connectivity index (χ1n) is 7.70. The number of anilines is 1. The first kappa shape index (κ1) is 17.1. The lowest BCUT2D eigenvalue weighted by atomic mass is 10.3. The summed E-state index contributed by atoms with van der Waals surface area (Å²) in [6.07, 6.45) is 0. The number of hydrogen-bond acceptors (Lipinski definition) is 5. The van der Waals surface area contributed by atoms with Crippen LogP contribution in [-0.2, 0) is 9.53 Å². The minimum atomic E-state index is -0.219. The van der Waals surface area contributed by atoms with E-state index in [9.17, 15) is 9.59 Å². The van der Waals surface area contributed by atoms with Crippen molar-refractivity contribution in [3.05, 3.63) is 24.3 Å². The molecule has 1 fully saturated rings. The van der Waals surface area contributed by atoms with Crippen molar-refractivity contribution in [2.24, 2.45) is 0 Å². The highest BCUT2D eigenvalue weighted by molar-refractivity contribution is 5.89. The van der Waals surface area contributed by atoms with Gasteiger partial charge in [-0.25, -0.2) is 4.79 Å². The van der Waals surface area contributed by atoms with Crippen LogP contribution >= 0.6 is 0 Å². The number of esters is 1. The Kier molecular flexibility index (Phi) is 6.22. The first-order valence-corrected chi connectivity index (χ1v) is 7.70. The molecule has 0 bridgehead atoms. The van der Waals surface area contributed by atoms with Crippen LogP contribution in [0.1, 0.15) is 6.92 Å². The molecule has 0 spiro atoms. The zero-order chi connectivity index (χ0) is 16.7. The molecule has 2 rings (SSSR count). The van der Waals surface area contributed by atoms with E-state index in [0.29, 0.717) is 32.8 Å². The van der Waals surface area contributed by atoms with Gasteiger partial charge < -0.3 is 19.7 Å². The second-order valence-electron chi connectivity index (χ2n) is 5.23. The number of hydrogen-bond donors (Lipinski definition) is 1. The number of amides is 2. The molecule has 1 aliphatic heterocycles. The van der Waals surface area contributed by atoms with Gasteiger partial charge in [-0.3, -0.25) is 9.69 Å². The van der Waals surface area contributed by atoms with E-state index in [4.69, 9.17) is 9.47 Å². The quantitative estimate of drug-likeness (QED) is 0.830. The van der Waals surface area contributed by atoms with E-state index in [1.165, 1.54) is 0 Å². The minimum Gasteiger partial charge on any atom is -0.497 e. The second-order valence-corrected chi connectivity index (χ2v) is 5.23. The van der Waals surface area contributed by atoms with E-state index in [2.05, 4.69) is 5.32 Å². The molecule has 2 amide bonds. The molecule has 0 unspecified atom stereocenters. The molecule has 7 heteroatoms. The van der Waals surface area contributed by atoms with Crippen molar-refractivity contribution in [1.29, 1.82) is 0 Å². The topological polar surface area (TPSA) is 71.1 Å². The van der Waals surface area contributed by atoms with Crippen molar-refractivity contribution in [2.75, 3.05) is 51.8 Å². The van der Waals surface area contributed by atoms with Gasteiger partial charge in [0.2, 0.25) is 0 Å². The number of ether oxygens (including phenoxy) is 2. The smallest absolute Gasteiger partial charge is 0.321 e. The van der Waals surface area contributed by atoms with Crippen LogP contribution in [0.5, 0.6) is 5.75 Å². The molecule has 1 aromatic carbocycles. The highest BCUT2D eigenvalue weighted by atomic mass is 16.5. The average molecular weight is 321 g/mol. The Morgan fingerprint density at radius 3 is 2.35 bits per heavy atom. The molecule has 0 aromatic heterocycles. The predicted molar refractivity (Wildman–Crippen MR) is 86.7 cm³/mol. The van der Waals surface area contributed by atoms with E-state index in [1.807, 2.05) is 4.90 Å². The van der Waals surface area contributed by atoms with E-state index >= 15 is 0 Å². The third kappa shape index (κ3) is 5.14. The van der Waals surface area contributed by atoms with Gasteiger partial charge in [-0.1, -0.05) is 0 Å². The fourth-order valence-corrected chi connectivity index (χ4v) is 2.38. The molecule has 0 atom stereocenters. The Labute approximate surface area is 136 Å². The molecule has 0 saturated carbocycles. The predicted octanol–water partition coefficient (Wildman–Crippen LogP) is 1.41. The summed E-state index contributed by atoms with van der Waals surface area (Å²) in [5, 5.41) is 2.86. The summed E-state index contributed by atoms with van der Waals surface area (Å²) in [7, 11) is 1.60. The Hall–Kier alpha value is -2.28. The number of nitrogens with zero attached hydrogens (tertiary/aromatic N) is 2. The zero-order valence-electron chi connectivity index (χ0n) is 13.6. The highest BCUT2D eigenvalue weighted by Gasteiger charge is 2.22. The van der Waals surface area contributed by atoms with Crippen molar-refractivity contribution in [2.45, 2.75) is 6.92 Å². The molecule has 7 nitrogen and oxygen atoms in total. The Bertz CT molecular complexity index is 525. The van der Waals surface area contributed by atoms with Crippen LogP contribution in [0.3, 0.4) is 0 Å². The lowest BCUT2D eigenvalue weighted by Gasteiger charge is -2.34. The van der Waals surface area contributed by atoms with Gasteiger partial charge >= 0.3 is 12.0 Å². The minimum absolute atomic E-state index is 0.133. The molecule has 126 valence electrons. The summed E-state index contributed by atoms with van der Waals surface area (Å²) in [5.41, 5.74) is 0.727. The van der Waals surface area contributed by atoms with Gasteiger partial charge in [0.25, 0.3) is 0 Å². The molecular weight excluding hydrogens is 298 g/mol. The van der Waals surface area contributed by atoms with Crippen LogP contribution in [0.15, 0.2) is 24.3 Å². The molecule has 1 aliphatic rings. The summed E-state index contributed by atoms with van der Waals surface area (Å²) in [5.74, 6) is 0.527. The van der Waals surface area contributed by atoms with E-state index in [1.54, 1.807) is 43.2 Å². The van der Waals surface area contributed by atoms with Gasteiger partial charge in [-0.15, -0.1) is 0 Å². The van der Waals surface area contributed by atoms with Gasteiger partial charge in [-0.05, 0) is 31.2 Å². The third-order valence-corrected chi connectivity index (χ3v) is 3.66. The number of nitrogens with one attached hydrogen (secondary N) is 1. The van der Waals surface area contributed by atoms with E-state index < -0.39 is 0 Å². The van der Waals surface area contributed by atoms with Crippen LogP contribution < -0.4 is 10.1 Å². The van der Waals surface area contributed by atoms with Gasteiger partial charge in [0.05, 0.1) is 20.3 Å². The van der Waals surface area contributed by atoms with Crippen LogP contribution in [0.2, 0.25) is 0 Å². The number of rotatable bonds is 5. The van der Waals surface area contributed by atoms with Crippen LogP contribution in [-0.4, -0.2) is 68.2 Å². The molecule has 1 N–H and O–H groups in total. The number of benzene rings is 1. The maximum atomic E-state index is 12.2. The summed E-state index contributed by atoms with van der Waals surface area (Å²) in [6, 6.07) is 7.06. The summed E-state index contributed by atoms with van der Waals surface area (Å²) in [4.78, 5) is 27.4. The SMILES string of the molecule is CCOC(=O)CN1CCN(C(=O)Nc2ccc(OC)cc2)CC1. The Balaban J connectivity index is 1.77. The third-order valence-electron chi connectivity index (χ3n) is 3.66. The van der Waals surface area contributed by atoms with Gasteiger partial charge in [0, 0.05) is 31.9 Å². The second kappa shape index (κ2) is 8.38. The normalized spacial score (nSPS) is 15.1. The fraction of sp³-hybridized carbons (Fsp3) is 0.500. The number of methoxy groups -OCH3 is 1. The monoisotopic (exact) mass is 321 g/mol. The van der Waals surface area contributed by atoms with E-state index in [0.717, 1.165) is 11.4 Å². The van der Waals surface area contributed by atoms with Gasteiger partial charge in [0.15, 0.2) is 0 Å².